The topological polar surface area (TPSA) is 112 Å². The van der Waals surface area contributed by atoms with Gasteiger partial charge < -0.3 is 16.4 Å². The number of carboxylic acid groups (broad SMARTS) is 2. The van der Waals surface area contributed by atoms with Crippen molar-refractivity contribution in [2.45, 2.75) is 40.5 Å². The fourth-order valence-electron chi connectivity index (χ4n) is 0.912. The molecule has 0 saturated heterocycles. The predicted molar refractivity (Wildman–Crippen MR) is 62.7 cm³/mol. The maximum absolute atomic E-state index is 10.4. The van der Waals surface area contributed by atoms with Crippen molar-refractivity contribution in [3.63, 3.8) is 0 Å². The Kier molecular flexibility index (Phi) is 15.2. The molecule has 19 heavy (non-hydrogen) atoms. The molecule has 0 saturated carbocycles. The molecule has 0 amide bonds. The summed E-state index contributed by atoms with van der Waals surface area (Å²) >= 11 is 0. The van der Waals surface area contributed by atoms with Crippen molar-refractivity contribution in [3.05, 3.63) is 0 Å². The Labute approximate surface area is 136 Å². The fraction of sp³-hybridized carbons (Fsp3) is 0.667. The van der Waals surface area contributed by atoms with E-state index in [2.05, 4.69) is 0 Å². The number of carbonyl (C=O) groups excluding carboxylic acids is 3. The summed E-state index contributed by atoms with van der Waals surface area (Å²) in [7, 11) is 0. The monoisotopic (exact) mass is 283 g/mol. The summed E-state index contributed by atoms with van der Waals surface area (Å²) in [6, 6.07) is 0. The van der Waals surface area contributed by atoms with Gasteiger partial charge in [0.05, 0.1) is 0 Å². The van der Waals surface area contributed by atoms with Crippen molar-refractivity contribution >= 4 is 23.5 Å². The SMILES string of the molecule is CC(C)CC(=O)C(=O)O.CC(C)CC(=O)C(=O)[O-].[H-].[Na+]. The van der Waals surface area contributed by atoms with E-state index < -0.39 is 23.5 Å². The number of carbonyl (C=O) groups is 4. The minimum Gasteiger partial charge on any atom is -1.00 e. The third-order valence-electron chi connectivity index (χ3n) is 1.65. The molecular weight excluding hydrogens is 263 g/mol. The van der Waals surface area contributed by atoms with Gasteiger partial charge in [0.2, 0.25) is 5.78 Å². The molecule has 0 rings (SSSR count). The normalized spacial score (nSPS) is 9.16. The Bertz CT molecular complexity index is 296. The molecule has 0 heterocycles. The molecule has 0 aromatic carbocycles. The molecule has 0 aliphatic carbocycles. The van der Waals surface area contributed by atoms with Gasteiger partial charge in [-0.2, -0.15) is 0 Å². The van der Waals surface area contributed by atoms with Crippen LogP contribution in [-0.4, -0.2) is 28.6 Å². The molecule has 0 aliphatic rings. The maximum atomic E-state index is 10.4. The number of aliphatic carboxylic acids is 2. The number of hydrogen-bond donors (Lipinski definition) is 1. The van der Waals surface area contributed by atoms with Crippen LogP contribution in [0.1, 0.15) is 42.0 Å². The van der Waals surface area contributed by atoms with Crippen LogP contribution in [-0.2, 0) is 19.2 Å². The molecule has 0 unspecified atom stereocenters. The number of hydrogen-bond acceptors (Lipinski definition) is 5. The Morgan fingerprint density at radius 2 is 1.26 bits per heavy atom. The smallest absolute Gasteiger partial charge is 1.00 e. The van der Waals surface area contributed by atoms with Crippen LogP contribution >= 0.6 is 0 Å². The van der Waals surface area contributed by atoms with Crippen molar-refractivity contribution in [2.24, 2.45) is 11.8 Å². The molecule has 106 valence electrons. The first kappa shape index (κ1) is 23.4. The first-order valence-corrected chi connectivity index (χ1v) is 5.58. The van der Waals surface area contributed by atoms with Gasteiger partial charge in [-0.25, -0.2) is 4.79 Å². The maximum Gasteiger partial charge on any atom is 1.00 e. The second kappa shape index (κ2) is 12.3. The molecule has 0 atom stereocenters. The summed E-state index contributed by atoms with van der Waals surface area (Å²) in [5.74, 6) is -4.20. The Morgan fingerprint density at radius 1 is 0.947 bits per heavy atom. The van der Waals surface area contributed by atoms with E-state index in [1.54, 1.807) is 27.7 Å². The van der Waals surface area contributed by atoms with E-state index in [4.69, 9.17) is 5.11 Å². The summed E-state index contributed by atoms with van der Waals surface area (Å²) < 4.78 is 0. The zero-order valence-corrected chi connectivity index (χ0v) is 14.1. The van der Waals surface area contributed by atoms with Crippen molar-refractivity contribution in [2.75, 3.05) is 0 Å². The molecule has 0 aliphatic heterocycles. The van der Waals surface area contributed by atoms with Crippen LogP contribution in [0.2, 0.25) is 0 Å². The van der Waals surface area contributed by atoms with Gasteiger partial charge in [0.1, 0.15) is 5.97 Å². The summed E-state index contributed by atoms with van der Waals surface area (Å²) in [5.41, 5.74) is 0. The van der Waals surface area contributed by atoms with E-state index in [-0.39, 0.29) is 55.7 Å². The molecule has 0 bridgehead atoms. The van der Waals surface area contributed by atoms with Gasteiger partial charge in [0, 0.05) is 12.8 Å². The molecule has 1 N–H and O–H groups in total. The van der Waals surface area contributed by atoms with E-state index in [0.717, 1.165) is 0 Å². The van der Waals surface area contributed by atoms with Gasteiger partial charge in [0.25, 0.3) is 0 Å². The first-order valence-electron chi connectivity index (χ1n) is 5.58. The minimum atomic E-state index is -1.58. The number of Topliss-reactive ketones (excluding diaryl/α,β-unsaturated/α-hetero) is 2. The Hall–Kier alpha value is -0.720. The zero-order valence-electron chi connectivity index (χ0n) is 13.1. The van der Waals surface area contributed by atoms with Crippen LogP contribution in [0.5, 0.6) is 0 Å². The summed E-state index contributed by atoms with van der Waals surface area (Å²) in [6.07, 6.45) is 0.206. The molecular formula is C12H20NaO6-. The molecule has 7 heteroatoms. The molecule has 0 aromatic heterocycles. The van der Waals surface area contributed by atoms with Crippen LogP contribution < -0.4 is 34.7 Å². The summed E-state index contributed by atoms with van der Waals surface area (Å²) in [4.78, 5) is 40.3. The number of carboxylic acids is 2. The van der Waals surface area contributed by atoms with Gasteiger partial charge >= 0.3 is 35.5 Å². The van der Waals surface area contributed by atoms with E-state index in [1.807, 2.05) is 0 Å². The fourth-order valence-corrected chi connectivity index (χ4v) is 0.912. The zero-order chi connectivity index (χ0) is 14.9. The van der Waals surface area contributed by atoms with Crippen molar-refractivity contribution < 1.29 is 60.4 Å². The predicted octanol–water partition coefficient (Wildman–Crippen LogP) is -2.85. The van der Waals surface area contributed by atoms with Crippen LogP contribution in [0.25, 0.3) is 0 Å². The molecule has 0 spiro atoms. The third-order valence-corrected chi connectivity index (χ3v) is 1.65. The van der Waals surface area contributed by atoms with Crippen molar-refractivity contribution in [1.82, 2.24) is 0 Å². The molecule has 0 aromatic rings. The van der Waals surface area contributed by atoms with Gasteiger partial charge in [-0.05, 0) is 11.8 Å². The number of rotatable bonds is 6. The van der Waals surface area contributed by atoms with Gasteiger partial charge in [-0.15, -0.1) is 0 Å². The average molecular weight is 283 g/mol. The average Bonchev–Trinajstić information content (AvgIpc) is 2.16. The second-order valence-corrected chi connectivity index (χ2v) is 4.63. The first-order chi connectivity index (χ1) is 8.07. The van der Waals surface area contributed by atoms with Gasteiger partial charge in [-0.3, -0.25) is 9.59 Å². The van der Waals surface area contributed by atoms with E-state index in [0.29, 0.717) is 0 Å². The van der Waals surface area contributed by atoms with E-state index >= 15 is 0 Å². The van der Waals surface area contributed by atoms with Crippen LogP contribution in [0.3, 0.4) is 0 Å². The van der Waals surface area contributed by atoms with Crippen molar-refractivity contribution in [3.8, 4) is 0 Å². The number of ketones is 2. The van der Waals surface area contributed by atoms with E-state index in [1.165, 1.54) is 0 Å². The third kappa shape index (κ3) is 17.3. The molecule has 0 fully saturated rings. The van der Waals surface area contributed by atoms with Crippen molar-refractivity contribution in [1.29, 1.82) is 0 Å². The van der Waals surface area contributed by atoms with Crippen LogP contribution in [0, 0.1) is 11.8 Å². The van der Waals surface area contributed by atoms with Crippen LogP contribution in [0.15, 0.2) is 0 Å². The van der Waals surface area contributed by atoms with E-state index in [9.17, 15) is 24.3 Å². The van der Waals surface area contributed by atoms with Gasteiger partial charge in [-0.1, -0.05) is 27.7 Å². The van der Waals surface area contributed by atoms with Crippen LogP contribution in [0.4, 0.5) is 0 Å². The summed E-state index contributed by atoms with van der Waals surface area (Å²) in [5, 5.41) is 17.9. The molecule has 0 radical (unpaired) electrons. The molecule has 6 nitrogen and oxygen atoms in total. The standard InChI is InChI=1S/2C6H10O3.Na.H/c2*1-4(2)3-5(7)6(8)9;;/h2*4H,3H2,1-2H3,(H,8,9);;/q;;+1;-1/p-1. The second-order valence-electron chi connectivity index (χ2n) is 4.63. The van der Waals surface area contributed by atoms with Gasteiger partial charge in [0.15, 0.2) is 5.78 Å². The largest absolute Gasteiger partial charge is 1.00 e. The Balaban J connectivity index is -0.000000116. The Morgan fingerprint density at radius 3 is 1.37 bits per heavy atom. The minimum absolute atomic E-state index is 0. The quantitative estimate of drug-likeness (QED) is 0.415. The summed E-state index contributed by atoms with van der Waals surface area (Å²) in [6.45, 7) is 7.17.